The van der Waals surface area contributed by atoms with Gasteiger partial charge < -0.3 is 9.72 Å². The van der Waals surface area contributed by atoms with E-state index < -0.39 is 18.7 Å². The number of thioether (sulfide) groups is 1. The molecule has 4 nitrogen and oxygen atoms in total. The molecule has 2 heterocycles. The number of halogens is 5. The Bertz CT molecular complexity index is 1000. The summed E-state index contributed by atoms with van der Waals surface area (Å²) in [7, 11) is 0. The molecule has 0 spiro atoms. The Hall–Kier alpha value is -2.36. The lowest BCUT2D eigenvalue weighted by atomic mass is 10.1. The molecule has 1 aromatic carbocycles. The third-order valence-corrected chi connectivity index (χ3v) is 6.10. The lowest BCUT2D eigenvalue weighted by Crippen LogP contribution is -2.41. The Morgan fingerprint density at radius 2 is 1.90 bits per heavy atom. The number of aromatic amines is 1. The van der Waals surface area contributed by atoms with E-state index in [1.54, 1.807) is 0 Å². The van der Waals surface area contributed by atoms with Gasteiger partial charge in [-0.3, -0.25) is 4.98 Å². The average molecular weight is 443 g/mol. The zero-order valence-corrected chi connectivity index (χ0v) is 16.5. The molecule has 0 bridgehead atoms. The number of imidazole rings is 1. The van der Waals surface area contributed by atoms with Gasteiger partial charge in [-0.15, -0.1) is 0 Å². The minimum absolute atomic E-state index is 0.0287. The van der Waals surface area contributed by atoms with Gasteiger partial charge >= 0.3 is 12.1 Å². The second kappa shape index (κ2) is 8.05. The lowest BCUT2D eigenvalue weighted by Gasteiger charge is -2.22. The third-order valence-electron chi connectivity index (χ3n) is 4.94. The third kappa shape index (κ3) is 4.23. The molecule has 1 aliphatic rings. The van der Waals surface area contributed by atoms with Crippen molar-refractivity contribution in [3.63, 3.8) is 0 Å². The minimum atomic E-state index is -5.66. The Labute approximate surface area is 173 Å². The molecule has 1 atom stereocenters. The Kier molecular flexibility index (Phi) is 5.61. The van der Waals surface area contributed by atoms with Gasteiger partial charge in [-0.05, 0) is 37.5 Å². The maximum Gasteiger partial charge on any atom is 0.456 e. The van der Waals surface area contributed by atoms with Crippen molar-refractivity contribution in [3.8, 4) is 5.75 Å². The van der Waals surface area contributed by atoms with Crippen LogP contribution in [-0.2, 0) is 6.42 Å². The highest BCUT2D eigenvalue weighted by Gasteiger charge is 2.58. The van der Waals surface area contributed by atoms with E-state index in [4.69, 9.17) is 4.74 Å². The fourth-order valence-electron chi connectivity index (χ4n) is 3.41. The number of pyridine rings is 1. The van der Waals surface area contributed by atoms with E-state index >= 15 is 0 Å². The van der Waals surface area contributed by atoms with Gasteiger partial charge in [0.2, 0.25) is 0 Å². The number of ether oxygens (including phenoxy) is 1. The maximum atomic E-state index is 13.3. The first-order valence-corrected chi connectivity index (χ1v) is 10.3. The fourth-order valence-corrected chi connectivity index (χ4v) is 4.60. The van der Waals surface area contributed by atoms with Crippen molar-refractivity contribution in [2.45, 2.75) is 48.2 Å². The summed E-state index contributed by atoms with van der Waals surface area (Å²) in [6.45, 7) is -1.76. The van der Waals surface area contributed by atoms with Crippen molar-refractivity contribution in [2.24, 2.45) is 0 Å². The molecule has 30 heavy (non-hydrogen) atoms. The van der Waals surface area contributed by atoms with Crippen LogP contribution in [-0.4, -0.2) is 33.7 Å². The minimum Gasteiger partial charge on any atom is -0.487 e. The molecular formula is C20H18F5N3OS. The number of nitrogens with one attached hydrogen (secondary N) is 1. The molecule has 2 aromatic heterocycles. The van der Waals surface area contributed by atoms with Crippen molar-refractivity contribution in [3.05, 3.63) is 47.8 Å². The second-order valence-corrected chi connectivity index (χ2v) is 8.27. The van der Waals surface area contributed by atoms with Crippen LogP contribution in [0.2, 0.25) is 0 Å². The van der Waals surface area contributed by atoms with E-state index in [2.05, 4.69) is 15.0 Å². The van der Waals surface area contributed by atoms with Crippen LogP contribution in [0.5, 0.6) is 5.75 Å². The average Bonchev–Trinajstić information content (AvgIpc) is 2.99. The molecule has 0 amide bonds. The van der Waals surface area contributed by atoms with Gasteiger partial charge in [-0.1, -0.05) is 30.3 Å². The predicted molar refractivity (Wildman–Crippen MR) is 103 cm³/mol. The number of benzene rings is 1. The van der Waals surface area contributed by atoms with Crippen molar-refractivity contribution in [1.29, 1.82) is 0 Å². The first-order valence-electron chi connectivity index (χ1n) is 9.41. The number of fused-ring (bicyclic) bond motifs is 2. The summed E-state index contributed by atoms with van der Waals surface area (Å²) in [5.74, 6) is -4.89. The zero-order valence-electron chi connectivity index (χ0n) is 15.7. The summed E-state index contributed by atoms with van der Waals surface area (Å²) >= 11 is 1.47. The molecule has 1 N–H and O–H groups in total. The smallest absolute Gasteiger partial charge is 0.456 e. The number of hydrogen-bond donors (Lipinski definition) is 1. The molecule has 0 radical (unpaired) electrons. The van der Waals surface area contributed by atoms with Crippen molar-refractivity contribution in [1.82, 2.24) is 15.0 Å². The number of alkyl halides is 5. The van der Waals surface area contributed by atoms with Crippen LogP contribution in [0.3, 0.4) is 0 Å². The molecule has 0 saturated heterocycles. The SMILES string of the molecule is FC(F)(F)C(F)(F)COc1ccnc2c1CCCCC2Sc1nc2ccccc2[nH]1. The number of hydrogen-bond acceptors (Lipinski definition) is 4. The van der Waals surface area contributed by atoms with E-state index in [1.807, 2.05) is 24.3 Å². The molecule has 4 rings (SSSR count). The quantitative estimate of drug-likeness (QED) is 0.383. The fraction of sp³-hybridized carbons (Fsp3) is 0.400. The highest BCUT2D eigenvalue weighted by atomic mass is 32.2. The van der Waals surface area contributed by atoms with E-state index in [9.17, 15) is 22.0 Å². The first-order chi connectivity index (χ1) is 14.2. The number of nitrogens with zero attached hydrogens (tertiary/aromatic N) is 2. The molecule has 0 saturated carbocycles. The molecule has 1 aliphatic carbocycles. The van der Waals surface area contributed by atoms with E-state index in [1.165, 1.54) is 24.0 Å². The van der Waals surface area contributed by atoms with Crippen LogP contribution >= 0.6 is 11.8 Å². The van der Waals surface area contributed by atoms with Crippen molar-refractivity contribution >= 4 is 22.8 Å². The van der Waals surface area contributed by atoms with Gasteiger partial charge in [0.15, 0.2) is 11.8 Å². The van der Waals surface area contributed by atoms with Gasteiger partial charge in [0.25, 0.3) is 0 Å². The zero-order chi connectivity index (χ0) is 21.4. The summed E-state index contributed by atoms with van der Waals surface area (Å²) in [6, 6.07) is 8.94. The van der Waals surface area contributed by atoms with Crippen LogP contribution in [0.15, 0.2) is 41.7 Å². The van der Waals surface area contributed by atoms with Crippen LogP contribution in [0.4, 0.5) is 22.0 Å². The lowest BCUT2D eigenvalue weighted by molar-refractivity contribution is -0.290. The molecule has 3 aromatic rings. The number of H-pyrrole nitrogens is 1. The normalized spacial score (nSPS) is 17.6. The Morgan fingerprint density at radius 1 is 1.10 bits per heavy atom. The van der Waals surface area contributed by atoms with E-state index in [0.29, 0.717) is 22.8 Å². The maximum absolute atomic E-state index is 13.3. The van der Waals surface area contributed by atoms with Crippen molar-refractivity contribution < 1.29 is 26.7 Å². The van der Waals surface area contributed by atoms with Gasteiger partial charge in [0.1, 0.15) is 5.75 Å². The summed E-state index contributed by atoms with van der Waals surface area (Å²) in [4.78, 5) is 12.2. The van der Waals surface area contributed by atoms with Crippen LogP contribution < -0.4 is 4.74 Å². The van der Waals surface area contributed by atoms with Crippen LogP contribution in [0.1, 0.15) is 35.8 Å². The molecule has 0 fully saturated rings. The highest BCUT2D eigenvalue weighted by molar-refractivity contribution is 7.99. The molecule has 10 heteroatoms. The summed E-state index contributed by atoms with van der Waals surface area (Å²) in [5, 5.41) is 0.584. The van der Waals surface area contributed by atoms with Gasteiger partial charge in [-0.25, -0.2) is 4.98 Å². The molecule has 1 unspecified atom stereocenters. The molecular weight excluding hydrogens is 425 g/mol. The molecule has 0 aliphatic heterocycles. The largest absolute Gasteiger partial charge is 0.487 e. The summed E-state index contributed by atoms with van der Waals surface area (Å²) < 4.78 is 69.0. The predicted octanol–water partition coefficient (Wildman–Crippen LogP) is 6.09. The summed E-state index contributed by atoms with van der Waals surface area (Å²) in [6.07, 6.45) is -1.35. The van der Waals surface area contributed by atoms with Crippen LogP contribution in [0, 0.1) is 0 Å². The number of rotatable bonds is 5. The van der Waals surface area contributed by atoms with E-state index in [0.717, 1.165) is 30.3 Å². The number of para-hydroxylation sites is 2. The van der Waals surface area contributed by atoms with E-state index in [-0.39, 0.29) is 11.0 Å². The van der Waals surface area contributed by atoms with Gasteiger partial charge in [0, 0.05) is 11.8 Å². The number of aromatic nitrogens is 3. The second-order valence-electron chi connectivity index (χ2n) is 7.08. The van der Waals surface area contributed by atoms with Gasteiger partial charge in [0.05, 0.1) is 22.0 Å². The summed E-state index contributed by atoms with van der Waals surface area (Å²) in [5.41, 5.74) is 2.95. The highest BCUT2D eigenvalue weighted by Crippen LogP contribution is 2.43. The Morgan fingerprint density at radius 3 is 2.67 bits per heavy atom. The van der Waals surface area contributed by atoms with Gasteiger partial charge in [-0.2, -0.15) is 22.0 Å². The van der Waals surface area contributed by atoms with Crippen molar-refractivity contribution in [2.75, 3.05) is 6.61 Å². The Balaban J connectivity index is 1.59. The molecule has 160 valence electrons. The standard InChI is InChI=1S/C20H18F5N3OS/c21-19(22,20(23,24)25)11-29-15-9-10-26-17-12(15)5-1-4-8-16(17)30-18-27-13-6-2-3-7-14(13)28-18/h2-3,6-7,9-10,16H,1,4-5,8,11H2,(H,27,28). The monoisotopic (exact) mass is 443 g/mol. The van der Waals surface area contributed by atoms with Crippen LogP contribution in [0.25, 0.3) is 11.0 Å². The topological polar surface area (TPSA) is 50.8 Å². The first kappa shape index (κ1) is 20.9.